The summed E-state index contributed by atoms with van der Waals surface area (Å²) < 4.78 is 19.8. The lowest BCUT2D eigenvalue weighted by Gasteiger charge is -2.06. The Morgan fingerprint density at radius 3 is 3.00 bits per heavy atom. The van der Waals surface area contributed by atoms with Gasteiger partial charge in [0.05, 0.1) is 11.5 Å². The number of nitrogens with zero attached hydrogens (tertiary/aromatic N) is 3. The molecule has 0 fully saturated rings. The van der Waals surface area contributed by atoms with E-state index < -0.39 is 10.7 Å². The molecule has 0 saturated heterocycles. The molecule has 0 aliphatic carbocycles. The molecule has 0 aliphatic rings. The Morgan fingerprint density at radius 1 is 1.50 bits per heavy atom. The molecule has 0 saturated carbocycles. The van der Waals surface area contributed by atoms with Gasteiger partial charge in [0.25, 0.3) is 0 Å². The van der Waals surface area contributed by atoms with Gasteiger partial charge in [-0.15, -0.1) is 0 Å². The Balaban J connectivity index is 2.03. The van der Waals surface area contributed by atoms with E-state index in [9.17, 15) is 14.5 Å². The molecule has 0 amide bonds. The van der Waals surface area contributed by atoms with Crippen molar-refractivity contribution < 1.29 is 14.1 Å². The lowest BCUT2D eigenvalue weighted by Crippen LogP contribution is -2.09. The van der Waals surface area contributed by atoms with Crippen molar-refractivity contribution in [3.8, 4) is 5.75 Å². The number of hydrogen-bond donors (Lipinski definition) is 0. The maximum atomic E-state index is 13.0. The third-order valence-corrected chi connectivity index (χ3v) is 2.26. The van der Waals surface area contributed by atoms with Gasteiger partial charge < -0.3 is 4.74 Å². The van der Waals surface area contributed by atoms with Gasteiger partial charge in [-0.2, -0.15) is 5.10 Å². The van der Waals surface area contributed by atoms with Gasteiger partial charge in [-0.05, 0) is 12.1 Å². The van der Waals surface area contributed by atoms with Crippen molar-refractivity contribution in [2.45, 2.75) is 6.54 Å². The Bertz CT molecular complexity index is 542. The van der Waals surface area contributed by atoms with Gasteiger partial charge >= 0.3 is 5.69 Å². The van der Waals surface area contributed by atoms with Crippen LogP contribution < -0.4 is 4.74 Å². The zero-order valence-electron chi connectivity index (χ0n) is 9.32. The third-order valence-electron chi connectivity index (χ3n) is 2.26. The van der Waals surface area contributed by atoms with E-state index in [1.165, 1.54) is 0 Å². The van der Waals surface area contributed by atoms with Crippen molar-refractivity contribution >= 4 is 5.69 Å². The molecule has 1 heterocycles. The van der Waals surface area contributed by atoms with Crippen LogP contribution in [0, 0.1) is 15.9 Å². The highest BCUT2D eigenvalue weighted by molar-refractivity contribution is 5.46. The van der Waals surface area contributed by atoms with Gasteiger partial charge in [-0.3, -0.25) is 14.8 Å². The average molecular weight is 251 g/mol. The van der Waals surface area contributed by atoms with E-state index in [-0.39, 0.29) is 18.0 Å². The second kappa shape index (κ2) is 5.26. The van der Waals surface area contributed by atoms with E-state index in [4.69, 9.17) is 4.74 Å². The number of benzene rings is 1. The third kappa shape index (κ3) is 2.82. The summed E-state index contributed by atoms with van der Waals surface area (Å²) in [5, 5.41) is 14.7. The van der Waals surface area contributed by atoms with Crippen molar-refractivity contribution in [3.63, 3.8) is 0 Å². The van der Waals surface area contributed by atoms with Crippen molar-refractivity contribution in [3.05, 3.63) is 52.6 Å². The molecular formula is C11H10FN3O3. The van der Waals surface area contributed by atoms with Crippen molar-refractivity contribution in [2.75, 3.05) is 6.61 Å². The summed E-state index contributed by atoms with van der Waals surface area (Å²) in [6.45, 7) is 0.604. The van der Waals surface area contributed by atoms with Crippen LogP contribution in [0.15, 0.2) is 36.7 Å². The topological polar surface area (TPSA) is 70.2 Å². The number of aromatic nitrogens is 2. The smallest absolute Gasteiger partial charge is 0.311 e. The van der Waals surface area contributed by atoms with Crippen LogP contribution in [-0.2, 0) is 6.54 Å². The lowest BCUT2D eigenvalue weighted by atomic mass is 10.3. The Hall–Kier alpha value is -2.44. The van der Waals surface area contributed by atoms with Crippen LogP contribution in [0.25, 0.3) is 0 Å². The Kier molecular flexibility index (Phi) is 3.52. The predicted octanol–water partition coefficient (Wildman–Crippen LogP) is 2.01. The summed E-state index contributed by atoms with van der Waals surface area (Å²) >= 11 is 0. The standard InChI is InChI=1S/C11H10FN3O3/c12-9-2-3-10(15(16)17)11(8-9)18-7-6-14-5-1-4-13-14/h1-5,8H,6-7H2. The van der Waals surface area contributed by atoms with Crippen LogP contribution in [0.1, 0.15) is 0 Å². The number of rotatable bonds is 5. The monoisotopic (exact) mass is 251 g/mol. The number of halogens is 1. The summed E-state index contributed by atoms with van der Waals surface area (Å²) in [5.74, 6) is -0.651. The van der Waals surface area contributed by atoms with Gasteiger partial charge in [0, 0.05) is 24.5 Å². The first-order valence-electron chi connectivity index (χ1n) is 5.21. The fourth-order valence-electron chi connectivity index (χ4n) is 1.44. The van der Waals surface area contributed by atoms with E-state index in [1.54, 1.807) is 23.1 Å². The molecule has 6 nitrogen and oxygen atoms in total. The highest BCUT2D eigenvalue weighted by atomic mass is 19.1. The van der Waals surface area contributed by atoms with E-state index in [0.717, 1.165) is 18.2 Å². The number of nitro benzene ring substituents is 1. The van der Waals surface area contributed by atoms with Gasteiger partial charge in [0.15, 0.2) is 5.75 Å². The van der Waals surface area contributed by atoms with Gasteiger partial charge in [-0.1, -0.05) is 0 Å². The first-order valence-corrected chi connectivity index (χ1v) is 5.21. The second-order valence-corrected chi connectivity index (χ2v) is 3.49. The first kappa shape index (κ1) is 12.0. The van der Waals surface area contributed by atoms with Gasteiger partial charge in [-0.25, -0.2) is 4.39 Å². The fraction of sp³-hybridized carbons (Fsp3) is 0.182. The average Bonchev–Trinajstić information content (AvgIpc) is 2.82. The van der Waals surface area contributed by atoms with E-state index >= 15 is 0 Å². The minimum absolute atomic E-state index is 0.0767. The zero-order chi connectivity index (χ0) is 13.0. The second-order valence-electron chi connectivity index (χ2n) is 3.49. The normalized spacial score (nSPS) is 10.3. The number of hydrogen-bond acceptors (Lipinski definition) is 4. The zero-order valence-corrected chi connectivity index (χ0v) is 9.32. The van der Waals surface area contributed by atoms with Crippen molar-refractivity contribution in [1.82, 2.24) is 9.78 Å². The number of nitro groups is 1. The van der Waals surface area contributed by atoms with Crippen LogP contribution in [0.4, 0.5) is 10.1 Å². The van der Waals surface area contributed by atoms with Crippen molar-refractivity contribution in [2.24, 2.45) is 0 Å². The van der Waals surface area contributed by atoms with Gasteiger partial charge in [0.1, 0.15) is 12.4 Å². The molecule has 2 rings (SSSR count). The Morgan fingerprint density at radius 2 is 2.33 bits per heavy atom. The Labute approximate surface area is 102 Å². The number of ether oxygens (including phenoxy) is 1. The summed E-state index contributed by atoms with van der Waals surface area (Å²) in [6, 6.07) is 4.86. The molecule has 0 radical (unpaired) electrons. The van der Waals surface area contributed by atoms with Crippen LogP contribution in [0.5, 0.6) is 5.75 Å². The molecule has 0 atom stereocenters. The van der Waals surface area contributed by atoms with Crippen LogP contribution in [0.2, 0.25) is 0 Å². The molecule has 1 aromatic heterocycles. The highest BCUT2D eigenvalue weighted by Crippen LogP contribution is 2.27. The quantitative estimate of drug-likeness (QED) is 0.602. The van der Waals surface area contributed by atoms with Crippen LogP contribution >= 0.6 is 0 Å². The molecule has 0 bridgehead atoms. The summed E-state index contributed by atoms with van der Waals surface area (Å²) in [4.78, 5) is 10.1. The largest absolute Gasteiger partial charge is 0.485 e. The maximum absolute atomic E-state index is 13.0. The molecule has 7 heteroatoms. The molecule has 1 aromatic carbocycles. The maximum Gasteiger partial charge on any atom is 0.311 e. The van der Waals surface area contributed by atoms with E-state index in [0.29, 0.717) is 6.54 Å². The minimum Gasteiger partial charge on any atom is -0.485 e. The molecule has 94 valence electrons. The van der Waals surface area contributed by atoms with Crippen molar-refractivity contribution in [1.29, 1.82) is 0 Å². The molecule has 0 unspecified atom stereocenters. The van der Waals surface area contributed by atoms with E-state index in [1.807, 2.05) is 0 Å². The fourth-order valence-corrected chi connectivity index (χ4v) is 1.44. The van der Waals surface area contributed by atoms with Crippen LogP contribution in [0.3, 0.4) is 0 Å². The molecule has 0 spiro atoms. The van der Waals surface area contributed by atoms with Crippen LogP contribution in [-0.4, -0.2) is 21.3 Å². The minimum atomic E-state index is -0.608. The predicted molar refractivity (Wildman–Crippen MR) is 60.8 cm³/mol. The molecular weight excluding hydrogens is 241 g/mol. The molecule has 18 heavy (non-hydrogen) atoms. The first-order chi connectivity index (χ1) is 8.66. The highest BCUT2D eigenvalue weighted by Gasteiger charge is 2.15. The van der Waals surface area contributed by atoms with Gasteiger partial charge in [0.2, 0.25) is 0 Å². The van der Waals surface area contributed by atoms with E-state index in [2.05, 4.69) is 5.10 Å². The summed E-state index contributed by atoms with van der Waals surface area (Å²) in [7, 11) is 0. The SMILES string of the molecule is O=[N+]([O-])c1ccc(F)cc1OCCn1cccn1. The molecule has 2 aromatic rings. The summed E-state index contributed by atoms with van der Waals surface area (Å²) in [6.07, 6.45) is 3.36. The molecule has 0 aliphatic heterocycles. The summed E-state index contributed by atoms with van der Waals surface area (Å²) in [5.41, 5.74) is -0.253. The lowest BCUT2D eigenvalue weighted by molar-refractivity contribution is -0.385. The molecule has 0 N–H and O–H groups in total.